The first-order chi connectivity index (χ1) is 9.21. The Morgan fingerprint density at radius 1 is 1.26 bits per heavy atom. The molecule has 0 saturated carbocycles. The van der Waals surface area contributed by atoms with Crippen molar-refractivity contribution in [3.8, 4) is 22.8 Å². The van der Waals surface area contributed by atoms with E-state index in [9.17, 15) is 0 Å². The van der Waals surface area contributed by atoms with Crippen LogP contribution >= 0.6 is 0 Å². The zero-order chi connectivity index (χ0) is 13.8. The van der Waals surface area contributed by atoms with Crippen LogP contribution in [-0.4, -0.2) is 35.9 Å². The number of nitrogens with zero attached hydrogens (tertiary/aromatic N) is 1. The Balaban J connectivity index is 2.46. The van der Waals surface area contributed by atoms with Crippen LogP contribution in [0.15, 0.2) is 18.3 Å². The van der Waals surface area contributed by atoms with Crippen molar-refractivity contribution in [3.63, 3.8) is 0 Å². The smallest absolute Gasteiger partial charge is 0.134 e. The van der Waals surface area contributed by atoms with Crippen molar-refractivity contribution in [3.05, 3.63) is 29.7 Å². The number of ether oxygens (including phenoxy) is 2. The summed E-state index contributed by atoms with van der Waals surface area (Å²) in [6.07, 6.45) is 2.26. The van der Waals surface area contributed by atoms with Crippen molar-refractivity contribution >= 4 is 0 Å². The van der Waals surface area contributed by atoms with Gasteiger partial charge in [0, 0.05) is 17.5 Å². The molecule has 2 rings (SSSR count). The van der Waals surface area contributed by atoms with E-state index in [1.54, 1.807) is 20.4 Å². The molecular weight excluding hydrogens is 244 g/mol. The van der Waals surface area contributed by atoms with E-state index in [1.165, 1.54) is 0 Å². The van der Waals surface area contributed by atoms with Crippen molar-refractivity contribution in [2.45, 2.75) is 13.3 Å². The van der Waals surface area contributed by atoms with Gasteiger partial charge in [0.25, 0.3) is 0 Å². The number of aliphatic hydroxyl groups is 1. The number of hydrogen-bond acceptors (Lipinski definition) is 4. The lowest BCUT2D eigenvalue weighted by molar-refractivity contribution is 0.297. The van der Waals surface area contributed by atoms with Gasteiger partial charge < -0.3 is 19.6 Å². The summed E-state index contributed by atoms with van der Waals surface area (Å²) in [5.41, 5.74) is 2.74. The first kappa shape index (κ1) is 13.4. The van der Waals surface area contributed by atoms with Crippen LogP contribution < -0.4 is 9.47 Å². The van der Waals surface area contributed by atoms with Gasteiger partial charge in [0.2, 0.25) is 0 Å². The van der Waals surface area contributed by atoms with Gasteiger partial charge >= 0.3 is 0 Å². The highest BCUT2D eigenvalue weighted by Gasteiger charge is 2.14. The number of nitrogens with one attached hydrogen (secondary N) is 1. The molecule has 0 spiro atoms. The molecule has 0 fully saturated rings. The lowest BCUT2D eigenvalue weighted by atomic mass is 10.1. The molecule has 0 bridgehead atoms. The number of hydrogen-bond donors (Lipinski definition) is 2. The van der Waals surface area contributed by atoms with Gasteiger partial charge in [-0.05, 0) is 19.1 Å². The second-order valence-electron chi connectivity index (χ2n) is 4.19. The Bertz CT molecular complexity index is 564. The lowest BCUT2D eigenvalue weighted by Gasteiger charge is -2.13. The maximum Gasteiger partial charge on any atom is 0.134 e. The topological polar surface area (TPSA) is 67.4 Å². The molecule has 0 radical (unpaired) electrons. The minimum atomic E-state index is 0.0751. The van der Waals surface area contributed by atoms with Gasteiger partial charge in [-0.1, -0.05) is 0 Å². The van der Waals surface area contributed by atoms with Gasteiger partial charge in [-0.2, -0.15) is 0 Å². The van der Waals surface area contributed by atoms with Crippen LogP contribution in [0.5, 0.6) is 11.5 Å². The largest absolute Gasteiger partial charge is 0.496 e. The molecule has 2 aromatic rings. The Morgan fingerprint density at radius 2 is 2.05 bits per heavy atom. The molecule has 0 saturated heterocycles. The normalized spacial score (nSPS) is 10.5. The molecule has 2 N–H and O–H groups in total. The van der Waals surface area contributed by atoms with Crippen LogP contribution in [0.2, 0.25) is 0 Å². The van der Waals surface area contributed by atoms with Crippen molar-refractivity contribution in [1.29, 1.82) is 0 Å². The highest BCUT2D eigenvalue weighted by molar-refractivity contribution is 5.71. The third-order valence-electron chi connectivity index (χ3n) is 3.05. The Labute approximate surface area is 112 Å². The number of aromatic nitrogens is 2. The number of aliphatic hydroxyl groups excluding tert-OH is 1. The van der Waals surface area contributed by atoms with Gasteiger partial charge in [-0.15, -0.1) is 0 Å². The standard InChI is InChI=1S/C14H18N2O3/c1-9-12(18-2)5-4-10(14(9)19-3)11-8-15-13(16-11)6-7-17/h4-5,8,17H,6-7H2,1-3H3,(H,15,16). The summed E-state index contributed by atoms with van der Waals surface area (Å²) in [5.74, 6) is 2.31. The molecule has 5 heteroatoms. The number of methoxy groups -OCH3 is 2. The van der Waals surface area contributed by atoms with Crippen LogP contribution in [0.25, 0.3) is 11.3 Å². The number of aromatic amines is 1. The summed E-state index contributed by atoms with van der Waals surface area (Å²) in [6.45, 7) is 2.03. The Hall–Kier alpha value is -2.01. The zero-order valence-electron chi connectivity index (χ0n) is 11.4. The van der Waals surface area contributed by atoms with E-state index in [1.807, 2.05) is 19.1 Å². The number of H-pyrrole nitrogens is 1. The summed E-state index contributed by atoms with van der Waals surface area (Å²) in [4.78, 5) is 7.41. The SMILES string of the molecule is COc1ccc(-c2cnc(CCO)[nH]2)c(OC)c1C. The molecule has 1 heterocycles. The first-order valence-corrected chi connectivity index (χ1v) is 6.08. The van der Waals surface area contributed by atoms with Crippen LogP contribution in [0.1, 0.15) is 11.4 Å². The number of imidazole rings is 1. The van der Waals surface area contributed by atoms with Crippen LogP contribution in [-0.2, 0) is 6.42 Å². The molecule has 1 aromatic carbocycles. The van der Waals surface area contributed by atoms with E-state index in [4.69, 9.17) is 14.6 Å². The molecule has 19 heavy (non-hydrogen) atoms. The summed E-state index contributed by atoms with van der Waals surface area (Å²) < 4.78 is 10.7. The van der Waals surface area contributed by atoms with Gasteiger partial charge in [0.15, 0.2) is 0 Å². The van der Waals surface area contributed by atoms with Gasteiger partial charge in [0.1, 0.15) is 17.3 Å². The summed E-state index contributed by atoms with van der Waals surface area (Å²) in [7, 11) is 3.27. The van der Waals surface area contributed by atoms with Crippen molar-refractivity contribution < 1.29 is 14.6 Å². The summed E-state index contributed by atoms with van der Waals surface area (Å²) >= 11 is 0. The molecule has 0 aliphatic rings. The van der Waals surface area contributed by atoms with Gasteiger partial charge in [0.05, 0.1) is 32.7 Å². The van der Waals surface area contributed by atoms with E-state index < -0.39 is 0 Å². The fourth-order valence-electron chi connectivity index (χ4n) is 2.10. The van der Waals surface area contributed by atoms with E-state index >= 15 is 0 Å². The van der Waals surface area contributed by atoms with Gasteiger partial charge in [-0.25, -0.2) is 4.98 Å². The predicted octanol–water partition coefficient (Wildman–Crippen LogP) is 1.94. The van der Waals surface area contributed by atoms with E-state index in [0.29, 0.717) is 6.42 Å². The average Bonchev–Trinajstić information content (AvgIpc) is 2.87. The minimum absolute atomic E-state index is 0.0751. The molecule has 0 aliphatic carbocycles. The monoisotopic (exact) mass is 262 g/mol. The van der Waals surface area contributed by atoms with E-state index in [0.717, 1.165) is 34.1 Å². The summed E-state index contributed by atoms with van der Waals surface area (Å²) in [5, 5.41) is 8.91. The fraction of sp³-hybridized carbons (Fsp3) is 0.357. The quantitative estimate of drug-likeness (QED) is 0.864. The zero-order valence-corrected chi connectivity index (χ0v) is 11.4. The van der Waals surface area contributed by atoms with Crippen molar-refractivity contribution in [2.24, 2.45) is 0 Å². The highest BCUT2D eigenvalue weighted by Crippen LogP contribution is 2.36. The minimum Gasteiger partial charge on any atom is -0.496 e. The second-order valence-corrected chi connectivity index (χ2v) is 4.19. The van der Waals surface area contributed by atoms with Crippen LogP contribution in [0.3, 0.4) is 0 Å². The Kier molecular flexibility index (Phi) is 4.06. The molecule has 0 atom stereocenters. The molecule has 0 aliphatic heterocycles. The van der Waals surface area contributed by atoms with Crippen molar-refractivity contribution in [1.82, 2.24) is 9.97 Å². The molecule has 1 aromatic heterocycles. The second kappa shape index (κ2) is 5.75. The predicted molar refractivity (Wildman–Crippen MR) is 72.7 cm³/mol. The van der Waals surface area contributed by atoms with Crippen LogP contribution in [0, 0.1) is 6.92 Å². The van der Waals surface area contributed by atoms with Gasteiger partial charge in [-0.3, -0.25) is 0 Å². The molecule has 0 unspecified atom stereocenters. The first-order valence-electron chi connectivity index (χ1n) is 6.08. The molecule has 5 nitrogen and oxygen atoms in total. The third-order valence-corrected chi connectivity index (χ3v) is 3.05. The molecule has 102 valence electrons. The maximum absolute atomic E-state index is 8.91. The van der Waals surface area contributed by atoms with E-state index in [2.05, 4.69) is 9.97 Å². The lowest BCUT2D eigenvalue weighted by Crippen LogP contribution is -1.96. The van der Waals surface area contributed by atoms with Crippen molar-refractivity contribution in [2.75, 3.05) is 20.8 Å². The number of benzene rings is 1. The Morgan fingerprint density at radius 3 is 2.68 bits per heavy atom. The maximum atomic E-state index is 8.91. The molecule has 0 amide bonds. The number of rotatable bonds is 5. The van der Waals surface area contributed by atoms with E-state index in [-0.39, 0.29) is 6.61 Å². The summed E-state index contributed by atoms with van der Waals surface area (Å²) in [6, 6.07) is 3.83. The van der Waals surface area contributed by atoms with Crippen LogP contribution in [0.4, 0.5) is 0 Å². The third kappa shape index (κ3) is 2.56. The molecular formula is C14H18N2O3. The average molecular weight is 262 g/mol. The highest BCUT2D eigenvalue weighted by atomic mass is 16.5. The fourth-order valence-corrected chi connectivity index (χ4v) is 2.10.